The van der Waals surface area contributed by atoms with Crippen molar-refractivity contribution in [3.05, 3.63) is 0 Å². The van der Waals surface area contributed by atoms with Crippen molar-refractivity contribution in [2.24, 2.45) is 0 Å². The number of carbonyl (C=O) groups is 1. The molecule has 6 nitrogen and oxygen atoms in total. The molecule has 1 atom stereocenters. The van der Waals surface area contributed by atoms with Gasteiger partial charge in [0.1, 0.15) is 0 Å². The maximum atomic E-state index is 11.3. The van der Waals surface area contributed by atoms with E-state index in [4.69, 9.17) is 4.89 Å². The number of carbonyl (C=O) groups excluding carboxylic acids is 1. The van der Waals surface area contributed by atoms with Gasteiger partial charge in [-0.1, -0.05) is 69.9 Å². The van der Waals surface area contributed by atoms with E-state index in [-0.39, 0.29) is 13.0 Å². The van der Waals surface area contributed by atoms with E-state index in [0.717, 1.165) is 12.8 Å². The second-order valence-corrected chi connectivity index (χ2v) is 6.75. The van der Waals surface area contributed by atoms with Gasteiger partial charge in [0.15, 0.2) is 0 Å². The molecule has 0 aromatic rings. The molecule has 0 bridgehead atoms. The van der Waals surface area contributed by atoms with Crippen LogP contribution in [0.4, 0.5) is 0 Å². The highest BCUT2D eigenvalue weighted by Crippen LogP contribution is 2.43. The maximum Gasteiger partial charge on any atom is 0.508 e. The fraction of sp³-hybridized carbons (Fsp3) is 0.933. The molecule has 0 radical (unpaired) electrons. The molecule has 0 aromatic heterocycles. The highest BCUT2D eigenvalue weighted by Gasteiger charge is 2.24. The molecule has 0 amide bonds. The summed E-state index contributed by atoms with van der Waals surface area (Å²) in [5.74, 6) is -0.641. The fourth-order valence-electron chi connectivity index (χ4n) is 1.94. The highest BCUT2D eigenvalue weighted by atomic mass is 31.2. The molecule has 0 aliphatic carbocycles. The van der Waals surface area contributed by atoms with Gasteiger partial charge in [0.25, 0.3) is 0 Å². The van der Waals surface area contributed by atoms with Crippen LogP contribution in [0.25, 0.3) is 0 Å². The average Bonchev–Trinajstić information content (AvgIpc) is 2.49. The second kappa shape index (κ2) is 14.2. The Kier molecular flexibility index (Phi) is 13.9. The minimum Gasteiger partial charge on any atom is -0.300 e. The Morgan fingerprint density at radius 3 is 2.00 bits per heavy atom. The number of phosphoric acid groups is 1. The van der Waals surface area contributed by atoms with Gasteiger partial charge in [-0.3, -0.25) is 9.41 Å². The molecule has 22 heavy (non-hydrogen) atoms. The normalized spacial score (nSPS) is 13.8. The first-order valence-electron chi connectivity index (χ1n) is 8.38. The summed E-state index contributed by atoms with van der Waals surface area (Å²) in [6.45, 7) is 4.06. The van der Waals surface area contributed by atoms with Crippen LogP contribution in [-0.2, 0) is 23.4 Å². The van der Waals surface area contributed by atoms with Crippen molar-refractivity contribution < 1.29 is 28.3 Å². The number of phosphoric ester groups is 1. The lowest BCUT2D eigenvalue weighted by Gasteiger charge is -2.09. The largest absolute Gasteiger partial charge is 0.508 e. The van der Waals surface area contributed by atoms with Gasteiger partial charge in [-0.25, -0.2) is 9.36 Å². The van der Waals surface area contributed by atoms with Crippen molar-refractivity contribution in [1.82, 2.24) is 0 Å². The van der Waals surface area contributed by atoms with Crippen LogP contribution in [0.3, 0.4) is 0 Å². The number of unbranched alkanes of at least 4 members (excludes halogenated alkanes) is 8. The van der Waals surface area contributed by atoms with Crippen LogP contribution in [0, 0.1) is 0 Å². The molecule has 7 heteroatoms. The van der Waals surface area contributed by atoms with Crippen molar-refractivity contribution in [2.45, 2.75) is 84.5 Å². The number of hydrogen-bond donors (Lipinski definition) is 1. The van der Waals surface area contributed by atoms with E-state index in [0.29, 0.717) is 12.8 Å². The molecule has 0 saturated heterocycles. The first-order valence-corrected chi connectivity index (χ1v) is 9.87. The van der Waals surface area contributed by atoms with Gasteiger partial charge in [-0.05, 0) is 12.8 Å². The van der Waals surface area contributed by atoms with Crippen molar-refractivity contribution in [3.8, 4) is 0 Å². The van der Waals surface area contributed by atoms with Gasteiger partial charge in [0.05, 0.1) is 6.61 Å². The lowest BCUT2D eigenvalue weighted by atomic mass is 10.1. The smallest absolute Gasteiger partial charge is 0.300 e. The van der Waals surface area contributed by atoms with Gasteiger partial charge in [0, 0.05) is 6.42 Å². The SMILES string of the molecule is CCCCCCCCCCCC(=O)OOP(=O)(O)OCCC. The molecule has 0 fully saturated rings. The molecule has 0 aliphatic heterocycles. The molecular formula is C15H31O6P. The Bertz CT molecular complexity index is 321. The molecule has 1 unspecified atom stereocenters. The third-order valence-corrected chi connectivity index (χ3v) is 3.94. The topological polar surface area (TPSA) is 82.1 Å². The standard InChI is InChI=1S/C15H31O6P/c1-3-5-6-7-8-9-10-11-12-13-15(16)20-21-22(17,18)19-14-4-2/h3-14H2,1-2H3,(H,17,18). The summed E-state index contributed by atoms with van der Waals surface area (Å²) in [5, 5.41) is 0. The van der Waals surface area contributed by atoms with Crippen molar-refractivity contribution >= 4 is 13.8 Å². The maximum absolute atomic E-state index is 11.3. The van der Waals surface area contributed by atoms with E-state index < -0.39 is 13.8 Å². The zero-order chi connectivity index (χ0) is 16.7. The third kappa shape index (κ3) is 14.5. The minimum atomic E-state index is -4.27. The van der Waals surface area contributed by atoms with Crippen LogP contribution >= 0.6 is 7.82 Å². The number of rotatable bonds is 15. The molecular weight excluding hydrogens is 307 g/mol. The lowest BCUT2D eigenvalue weighted by molar-refractivity contribution is -0.223. The Morgan fingerprint density at radius 2 is 1.45 bits per heavy atom. The summed E-state index contributed by atoms with van der Waals surface area (Å²) in [6, 6.07) is 0. The van der Waals surface area contributed by atoms with Crippen LogP contribution in [0.15, 0.2) is 0 Å². The van der Waals surface area contributed by atoms with E-state index in [1.54, 1.807) is 6.92 Å². The lowest BCUT2D eigenvalue weighted by Crippen LogP contribution is -2.05. The van der Waals surface area contributed by atoms with Gasteiger partial charge in [-0.2, -0.15) is 0 Å². The first kappa shape index (κ1) is 21.6. The van der Waals surface area contributed by atoms with E-state index in [2.05, 4.69) is 21.0 Å². The summed E-state index contributed by atoms with van der Waals surface area (Å²) in [6.07, 6.45) is 11.1. The van der Waals surface area contributed by atoms with E-state index >= 15 is 0 Å². The predicted octanol–water partition coefficient (Wildman–Crippen LogP) is 4.91. The summed E-state index contributed by atoms with van der Waals surface area (Å²) >= 11 is 0. The Morgan fingerprint density at radius 1 is 0.909 bits per heavy atom. The van der Waals surface area contributed by atoms with E-state index in [1.165, 1.54) is 38.5 Å². The molecule has 1 N–H and O–H groups in total. The minimum absolute atomic E-state index is 0.0730. The zero-order valence-corrected chi connectivity index (χ0v) is 14.8. The molecule has 0 spiro atoms. The summed E-state index contributed by atoms with van der Waals surface area (Å²) in [5.41, 5.74) is 0. The van der Waals surface area contributed by atoms with Crippen molar-refractivity contribution in [1.29, 1.82) is 0 Å². The Labute approximate surface area is 134 Å². The highest BCUT2D eigenvalue weighted by molar-refractivity contribution is 7.47. The Hall–Kier alpha value is -0.420. The van der Waals surface area contributed by atoms with Crippen LogP contribution < -0.4 is 0 Å². The summed E-state index contributed by atoms with van der Waals surface area (Å²) in [4.78, 5) is 24.8. The molecule has 0 aliphatic rings. The monoisotopic (exact) mass is 338 g/mol. The second-order valence-electron chi connectivity index (χ2n) is 5.41. The summed E-state index contributed by atoms with van der Waals surface area (Å²) in [7, 11) is -4.27. The van der Waals surface area contributed by atoms with E-state index in [9.17, 15) is 9.36 Å². The molecule has 132 valence electrons. The van der Waals surface area contributed by atoms with Crippen molar-refractivity contribution in [3.63, 3.8) is 0 Å². The zero-order valence-electron chi connectivity index (χ0n) is 13.9. The van der Waals surface area contributed by atoms with Gasteiger partial charge >= 0.3 is 13.8 Å². The molecule has 0 aromatic carbocycles. The summed E-state index contributed by atoms with van der Waals surface area (Å²) < 4.78 is 19.9. The molecule has 0 heterocycles. The van der Waals surface area contributed by atoms with Crippen LogP contribution in [-0.4, -0.2) is 17.5 Å². The van der Waals surface area contributed by atoms with Gasteiger partial charge < -0.3 is 4.89 Å². The molecule has 0 saturated carbocycles. The first-order chi connectivity index (χ1) is 10.5. The van der Waals surface area contributed by atoms with Gasteiger partial charge in [0.2, 0.25) is 0 Å². The van der Waals surface area contributed by atoms with Gasteiger partial charge in [-0.15, -0.1) is 0 Å². The third-order valence-electron chi connectivity index (χ3n) is 3.17. The number of hydrogen-bond acceptors (Lipinski definition) is 5. The molecule has 0 rings (SSSR count). The fourth-order valence-corrected chi connectivity index (χ4v) is 2.57. The average molecular weight is 338 g/mol. The van der Waals surface area contributed by atoms with Crippen LogP contribution in [0.2, 0.25) is 0 Å². The van der Waals surface area contributed by atoms with Crippen molar-refractivity contribution in [2.75, 3.05) is 6.61 Å². The quantitative estimate of drug-likeness (QED) is 0.198. The van der Waals surface area contributed by atoms with E-state index in [1.807, 2.05) is 0 Å². The Balaban J connectivity index is 3.44. The predicted molar refractivity (Wildman–Crippen MR) is 85.1 cm³/mol. The van der Waals surface area contributed by atoms with Crippen LogP contribution in [0.5, 0.6) is 0 Å². The van der Waals surface area contributed by atoms with Crippen LogP contribution in [0.1, 0.15) is 84.5 Å².